The number of hydrogen-bond donors (Lipinski definition) is 1. The highest BCUT2D eigenvalue weighted by atomic mass is 32.2. The topological polar surface area (TPSA) is 86.8 Å². The molecule has 0 spiro atoms. The van der Waals surface area contributed by atoms with Gasteiger partial charge >= 0.3 is 0 Å². The Balaban J connectivity index is 2.42. The van der Waals surface area contributed by atoms with Crippen molar-refractivity contribution in [1.82, 2.24) is 14.5 Å². The molecule has 0 fully saturated rings. The minimum Gasteiger partial charge on any atom is -0.352 e. The number of sulfonamides is 1. The van der Waals surface area contributed by atoms with Gasteiger partial charge in [0.05, 0.1) is 4.90 Å². The quantitative estimate of drug-likeness (QED) is 0.572. The Morgan fingerprint density at radius 1 is 0.964 bits per heavy atom. The summed E-state index contributed by atoms with van der Waals surface area (Å²) in [5.74, 6) is -0.00971. The Kier molecular flexibility index (Phi) is 10.2. The highest BCUT2D eigenvalue weighted by molar-refractivity contribution is 7.89. The van der Waals surface area contributed by atoms with Crippen molar-refractivity contribution >= 4 is 21.8 Å². The zero-order valence-electron chi connectivity index (χ0n) is 17.4. The van der Waals surface area contributed by atoms with E-state index in [0.717, 1.165) is 35.8 Å². The van der Waals surface area contributed by atoms with Crippen LogP contribution in [0.4, 0.5) is 0 Å². The molecule has 1 rings (SSSR count). The Bertz CT molecular complexity index is 724. The molecule has 2 amide bonds. The van der Waals surface area contributed by atoms with E-state index in [4.69, 9.17) is 0 Å². The van der Waals surface area contributed by atoms with Gasteiger partial charge in [-0.15, -0.1) is 0 Å². The number of carbonyl (C=O) groups excluding carboxylic acids is 2. The fourth-order valence-corrected chi connectivity index (χ4v) is 3.64. The molecule has 1 aromatic rings. The van der Waals surface area contributed by atoms with Crippen LogP contribution in [0.1, 0.15) is 51.5 Å². The summed E-state index contributed by atoms with van der Waals surface area (Å²) in [6, 6.07) is 6.44. The number of rotatable bonds is 12. The predicted molar refractivity (Wildman–Crippen MR) is 110 cm³/mol. The fraction of sp³-hybridized carbons (Fsp3) is 0.600. The summed E-state index contributed by atoms with van der Waals surface area (Å²) in [5, 5.41) is 2.81. The summed E-state index contributed by atoms with van der Waals surface area (Å²) in [4.78, 5) is 26.3. The second-order valence-corrected chi connectivity index (χ2v) is 9.09. The molecule has 0 bridgehead atoms. The smallest absolute Gasteiger partial charge is 0.242 e. The van der Waals surface area contributed by atoms with E-state index in [0.29, 0.717) is 25.8 Å². The van der Waals surface area contributed by atoms with Gasteiger partial charge in [0, 0.05) is 46.6 Å². The minimum absolute atomic E-state index is 0.106. The number of amides is 2. The average molecular weight is 412 g/mol. The Labute approximate surface area is 169 Å². The predicted octanol–water partition coefficient (Wildman–Crippen LogP) is 2.37. The molecule has 0 unspecified atom stereocenters. The largest absolute Gasteiger partial charge is 0.352 e. The van der Waals surface area contributed by atoms with Crippen molar-refractivity contribution in [3.8, 4) is 0 Å². The SMILES string of the molecule is CCCN(CCC)C(=O)CCCC(=O)NCc1ccc(S(=O)(=O)N(C)C)cc1. The van der Waals surface area contributed by atoms with Crippen LogP contribution in [0, 0.1) is 0 Å². The van der Waals surface area contributed by atoms with E-state index < -0.39 is 10.0 Å². The maximum absolute atomic E-state index is 12.2. The van der Waals surface area contributed by atoms with E-state index >= 15 is 0 Å². The highest BCUT2D eigenvalue weighted by Gasteiger charge is 2.16. The first kappa shape index (κ1) is 24.1. The molecule has 0 saturated heterocycles. The molecule has 28 heavy (non-hydrogen) atoms. The molecule has 0 heterocycles. The highest BCUT2D eigenvalue weighted by Crippen LogP contribution is 2.14. The summed E-state index contributed by atoms with van der Waals surface area (Å²) in [5.41, 5.74) is 0.819. The Hall–Kier alpha value is -1.93. The lowest BCUT2D eigenvalue weighted by Crippen LogP contribution is -2.32. The van der Waals surface area contributed by atoms with Crippen LogP contribution >= 0.6 is 0 Å². The maximum atomic E-state index is 12.2. The van der Waals surface area contributed by atoms with Crippen LogP contribution in [-0.2, 0) is 26.2 Å². The van der Waals surface area contributed by atoms with Gasteiger partial charge in [0.15, 0.2) is 0 Å². The standard InChI is InChI=1S/C20H33N3O4S/c1-5-14-23(15-6-2)20(25)9-7-8-19(24)21-16-17-10-12-18(13-11-17)28(26,27)22(3)4/h10-13H,5-9,14-16H2,1-4H3,(H,21,24). The van der Waals surface area contributed by atoms with Crippen LogP contribution in [0.25, 0.3) is 0 Å². The average Bonchev–Trinajstić information content (AvgIpc) is 2.66. The molecule has 0 aliphatic rings. The van der Waals surface area contributed by atoms with Crippen molar-refractivity contribution in [2.45, 2.75) is 57.4 Å². The van der Waals surface area contributed by atoms with E-state index in [1.807, 2.05) is 18.7 Å². The molecule has 0 aliphatic carbocycles. The molecule has 1 N–H and O–H groups in total. The minimum atomic E-state index is -3.45. The molecule has 158 valence electrons. The monoisotopic (exact) mass is 411 g/mol. The van der Waals surface area contributed by atoms with E-state index in [9.17, 15) is 18.0 Å². The van der Waals surface area contributed by atoms with Gasteiger partial charge in [0.1, 0.15) is 0 Å². The van der Waals surface area contributed by atoms with Gasteiger partial charge in [0.25, 0.3) is 0 Å². The molecular weight excluding hydrogens is 378 g/mol. The Morgan fingerprint density at radius 3 is 2.04 bits per heavy atom. The van der Waals surface area contributed by atoms with Gasteiger partial charge in [-0.25, -0.2) is 12.7 Å². The summed E-state index contributed by atoms with van der Waals surface area (Å²) in [6.45, 7) is 5.95. The molecule has 0 atom stereocenters. The van der Waals surface area contributed by atoms with Gasteiger partial charge in [-0.3, -0.25) is 9.59 Å². The summed E-state index contributed by atoms with van der Waals surface area (Å²) >= 11 is 0. The van der Waals surface area contributed by atoms with Crippen LogP contribution in [0.15, 0.2) is 29.2 Å². The maximum Gasteiger partial charge on any atom is 0.242 e. The van der Waals surface area contributed by atoms with Crippen molar-refractivity contribution in [3.05, 3.63) is 29.8 Å². The van der Waals surface area contributed by atoms with Gasteiger partial charge in [0.2, 0.25) is 21.8 Å². The van der Waals surface area contributed by atoms with Gasteiger partial charge in [-0.2, -0.15) is 0 Å². The van der Waals surface area contributed by atoms with Crippen molar-refractivity contribution in [3.63, 3.8) is 0 Å². The molecule has 0 aromatic heterocycles. The van der Waals surface area contributed by atoms with Crippen molar-refractivity contribution in [2.75, 3.05) is 27.2 Å². The van der Waals surface area contributed by atoms with E-state index in [2.05, 4.69) is 5.32 Å². The van der Waals surface area contributed by atoms with Crippen molar-refractivity contribution < 1.29 is 18.0 Å². The molecule has 0 saturated carbocycles. The molecule has 7 nitrogen and oxygen atoms in total. The normalized spacial score (nSPS) is 11.5. The number of nitrogens with one attached hydrogen (secondary N) is 1. The lowest BCUT2D eigenvalue weighted by atomic mass is 10.2. The molecule has 8 heteroatoms. The first-order valence-corrected chi connectivity index (χ1v) is 11.2. The lowest BCUT2D eigenvalue weighted by molar-refractivity contribution is -0.131. The number of hydrogen-bond acceptors (Lipinski definition) is 4. The van der Waals surface area contributed by atoms with Crippen molar-refractivity contribution in [2.24, 2.45) is 0 Å². The molecule has 1 aromatic carbocycles. The number of carbonyl (C=O) groups is 2. The molecular formula is C20H33N3O4S. The van der Waals surface area contributed by atoms with Crippen LogP contribution in [0.2, 0.25) is 0 Å². The lowest BCUT2D eigenvalue weighted by Gasteiger charge is -2.21. The first-order valence-electron chi connectivity index (χ1n) is 9.78. The van der Waals surface area contributed by atoms with Gasteiger partial charge in [-0.1, -0.05) is 26.0 Å². The second kappa shape index (κ2) is 11.8. The third-order valence-electron chi connectivity index (χ3n) is 4.33. The number of nitrogens with zero attached hydrogens (tertiary/aromatic N) is 2. The van der Waals surface area contributed by atoms with Crippen LogP contribution in [0.5, 0.6) is 0 Å². The zero-order valence-corrected chi connectivity index (χ0v) is 18.2. The second-order valence-electron chi connectivity index (χ2n) is 6.94. The van der Waals surface area contributed by atoms with Crippen molar-refractivity contribution in [1.29, 1.82) is 0 Å². The van der Waals surface area contributed by atoms with E-state index in [-0.39, 0.29) is 16.7 Å². The summed E-state index contributed by atoms with van der Waals surface area (Å²) in [7, 11) is -0.483. The Morgan fingerprint density at radius 2 is 1.54 bits per heavy atom. The third kappa shape index (κ3) is 7.59. The molecule has 0 aliphatic heterocycles. The fourth-order valence-electron chi connectivity index (χ4n) is 2.74. The van der Waals surface area contributed by atoms with E-state index in [1.54, 1.807) is 12.1 Å². The van der Waals surface area contributed by atoms with Crippen LogP contribution in [-0.4, -0.2) is 56.6 Å². The number of benzene rings is 1. The zero-order chi connectivity index (χ0) is 21.2. The first-order chi connectivity index (χ1) is 13.2. The summed E-state index contributed by atoms with van der Waals surface area (Å²) in [6.07, 6.45) is 3.06. The van der Waals surface area contributed by atoms with Gasteiger partial charge in [-0.05, 0) is 37.0 Å². The molecule has 0 radical (unpaired) electrons. The van der Waals surface area contributed by atoms with Crippen LogP contribution < -0.4 is 5.32 Å². The van der Waals surface area contributed by atoms with Crippen LogP contribution in [0.3, 0.4) is 0 Å². The summed E-state index contributed by atoms with van der Waals surface area (Å²) < 4.78 is 25.2. The van der Waals surface area contributed by atoms with Gasteiger partial charge < -0.3 is 10.2 Å². The third-order valence-corrected chi connectivity index (χ3v) is 6.16. The van der Waals surface area contributed by atoms with E-state index in [1.165, 1.54) is 26.2 Å².